The van der Waals surface area contributed by atoms with Crippen LogP contribution in [0.5, 0.6) is 0 Å². The fourth-order valence-corrected chi connectivity index (χ4v) is 2.96. The molecule has 94 valence electrons. The van der Waals surface area contributed by atoms with E-state index in [-0.39, 0.29) is 10.1 Å². The van der Waals surface area contributed by atoms with Gasteiger partial charge in [-0.3, -0.25) is 4.79 Å². The van der Waals surface area contributed by atoms with Crippen molar-refractivity contribution in [3.8, 4) is 0 Å². The maximum Gasteiger partial charge on any atom is 0.286 e. The number of nitrogens with zero attached hydrogens (tertiary/aromatic N) is 2. The van der Waals surface area contributed by atoms with Gasteiger partial charge in [-0.15, -0.1) is 10.2 Å². The summed E-state index contributed by atoms with van der Waals surface area (Å²) in [6, 6.07) is 3.25. The van der Waals surface area contributed by atoms with E-state index in [2.05, 4.69) is 31.4 Å². The van der Waals surface area contributed by atoms with Gasteiger partial charge in [0.05, 0.1) is 15.7 Å². The van der Waals surface area contributed by atoms with Crippen molar-refractivity contribution in [3.05, 3.63) is 31.7 Å². The van der Waals surface area contributed by atoms with Crippen molar-refractivity contribution in [2.75, 3.05) is 11.1 Å². The van der Waals surface area contributed by atoms with Crippen LogP contribution in [-0.4, -0.2) is 16.1 Å². The molecule has 0 fully saturated rings. The average molecular weight is 368 g/mol. The molecule has 2 rings (SSSR count). The molecule has 0 aliphatic carbocycles. The Morgan fingerprint density at radius 2 is 1.94 bits per heavy atom. The number of nitrogen functional groups attached to an aromatic ring is 1. The summed E-state index contributed by atoms with van der Waals surface area (Å²) in [5.74, 6) is -0.463. The highest BCUT2D eigenvalue weighted by molar-refractivity contribution is 9.10. The minimum absolute atomic E-state index is 0.141. The molecule has 1 aromatic heterocycles. The Kier molecular flexibility index (Phi) is 4.06. The number of amides is 1. The number of halogens is 3. The fraction of sp³-hybridized carbons (Fsp3) is 0. The van der Waals surface area contributed by atoms with Crippen molar-refractivity contribution in [3.63, 3.8) is 0 Å². The van der Waals surface area contributed by atoms with E-state index in [4.69, 9.17) is 28.9 Å². The molecule has 0 aliphatic heterocycles. The van der Waals surface area contributed by atoms with E-state index < -0.39 is 5.91 Å². The number of hydrogen-bond donors (Lipinski definition) is 2. The smallest absolute Gasteiger partial charge is 0.286 e. The third-order valence-corrected chi connectivity index (χ3v) is 3.69. The van der Waals surface area contributed by atoms with Gasteiger partial charge in [0.25, 0.3) is 5.91 Å². The fourth-order valence-electron chi connectivity index (χ4n) is 1.15. The standard InChI is InChI=1S/C9H5BrCl2N4OS/c10-3-1-4(11)6(5(12)2-3)14-7(17)8-15-16-9(13)18-8/h1-2H,(H2,13,16)(H,14,17). The van der Waals surface area contributed by atoms with Crippen molar-refractivity contribution >= 4 is 67.2 Å². The van der Waals surface area contributed by atoms with Crippen LogP contribution >= 0.6 is 50.5 Å². The molecule has 2 aromatic rings. The van der Waals surface area contributed by atoms with Gasteiger partial charge in [0, 0.05) is 4.47 Å². The van der Waals surface area contributed by atoms with Gasteiger partial charge in [0.15, 0.2) is 0 Å². The molecular weight excluding hydrogens is 363 g/mol. The lowest BCUT2D eigenvalue weighted by Crippen LogP contribution is -2.12. The number of hydrogen-bond acceptors (Lipinski definition) is 5. The molecule has 0 radical (unpaired) electrons. The quantitative estimate of drug-likeness (QED) is 0.851. The summed E-state index contributed by atoms with van der Waals surface area (Å²) < 4.78 is 0.718. The first-order valence-electron chi connectivity index (χ1n) is 4.52. The van der Waals surface area contributed by atoms with E-state index in [9.17, 15) is 4.79 Å². The Morgan fingerprint density at radius 3 is 2.44 bits per heavy atom. The van der Waals surface area contributed by atoms with Gasteiger partial charge in [-0.2, -0.15) is 0 Å². The number of nitrogens with one attached hydrogen (secondary N) is 1. The number of carbonyl (C=O) groups is 1. The largest absolute Gasteiger partial charge is 0.374 e. The summed E-state index contributed by atoms with van der Waals surface area (Å²) >= 11 is 16.2. The van der Waals surface area contributed by atoms with Gasteiger partial charge in [-0.25, -0.2) is 0 Å². The van der Waals surface area contributed by atoms with E-state index in [1.54, 1.807) is 12.1 Å². The highest BCUT2D eigenvalue weighted by Gasteiger charge is 2.15. The summed E-state index contributed by atoms with van der Waals surface area (Å²) in [6.45, 7) is 0. The van der Waals surface area contributed by atoms with Gasteiger partial charge in [-0.1, -0.05) is 50.5 Å². The second-order valence-corrected chi connectivity index (χ2v) is 5.88. The minimum Gasteiger partial charge on any atom is -0.374 e. The first-order chi connectivity index (χ1) is 8.47. The zero-order valence-corrected chi connectivity index (χ0v) is 12.5. The predicted octanol–water partition coefficient (Wildman–Crippen LogP) is 3.44. The highest BCUT2D eigenvalue weighted by atomic mass is 79.9. The van der Waals surface area contributed by atoms with Crippen LogP contribution in [0.15, 0.2) is 16.6 Å². The maximum atomic E-state index is 11.8. The van der Waals surface area contributed by atoms with Gasteiger partial charge in [-0.05, 0) is 12.1 Å². The molecule has 0 atom stereocenters. The van der Waals surface area contributed by atoms with E-state index >= 15 is 0 Å². The molecule has 0 bridgehead atoms. The number of carbonyl (C=O) groups excluding carboxylic acids is 1. The zero-order valence-electron chi connectivity index (χ0n) is 8.58. The number of benzene rings is 1. The molecule has 0 saturated heterocycles. The van der Waals surface area contributed by atoms with Gasteiger partial charge >= 0.3 is 0 Å². The van der Waals surface area contributed by atoms with Crippen LogP contribution in [0.4, 0.5) is 10.8 Å². The summed E-state index contributed by atoms with van der Waals surface area (Å²) in [7, 11) is 0. The van der Waals surface area contributed by atoms with E-state index in [1.165, 1.54) is 0 Å². The summed E-state index contributed by atoms with van der Waals surface area (Å²) in [4.78, 5) is 11.8. The first-order valence-corrected chi connectivity index (χ1v) is 6.89. The third kappa shape index (κ3) is 2.92. The van der Waals surface area contributed by atoms with Crippen LogP contribution in [0.25, 0.3) is 0 Å². The van der Waals surface area contributed by atoms with Gasteiger partial charge < -0.3 is 11.1 Å². The second-order valence-electron chi connectivity index (χ2n) is 3.14. The first kappa shape index (κ1) is 13.5. The SMILES string of the molecule is Nc1nnc(C(=O)Nc2c(Cl)cc(Br)cc2Cl)s1. The van der Waals surface area contributed by atoms with Crippen molar-refractivity contribution in [2.45, 2.75) is 0 Å². The molecule has 1 heterocycles. The monoisotopic (exact) mass is 366 g/mol. The molecule has 0 saturated carbocycles. The van der Waals surface area contributed by atoms with Gasteiger partial charge in [0.2, 0.25) is 10.1 Å². The molecule has 3 N–H and O–H groups in total. The summed E-state index contributed by atoms with van der Waals surface area (Å²) in [5.41, 5.74) is 5.72. The Balaban J connectivity index is 2.27. The van der Waals surface area contributed by atoms with Crippen LogP contribution in [0, 0.1) is 0 Å². The highest BCUT2D eigenvalue weighted by Crippen LogP contribution is 2.34. The Hall–Kier alpha value is -0.890. The van der Waals surface area contributed by atoms with Gasteiger partial charge in [0.1, 0.15) is 0 Å². The van der Waals surface area contributed by atoms with Crippen LogP contribution in [0.1, 0.15) is 9.80 Å². The predicted molar refractivity (Wildman–Crippen MR) is 76.4 cm³/mol. The van der Waals surface area contributed by atoms with E-state index in [0.29, 0.717) is 15.7 Å². The van der Waals surface area contributed by atoms with E-state index in [0.717, 1.165) is 15.8 Å². The lowest BCUT2D eigenvalue weighted by Gasteiger charge is -2.08. The lowest BCUT2D eigenvalue weighted by atomic mass is 10.3. The summed E-state index contributed by atoms with van der Waals surface area (Å²) in [6.07, 6.45) is 0. The van der Waals surface area contributed by atoms with Crippen molar-refractivity contribution in [2.24, 2.45) is 0 Å². The third-order valence-electron chi connectivity index (χ3n) is 1.88. The van der Waals surface area contributed by atoms with Crippen LogP contribution in [0.2, 0.25) is 10.0 Å². The molecule has 5 nitrogen and oxygen atoms in total. The number of nitrogens with two attached hydrogens (primary N) is 1. The molecule has 9 heteroatoms. The number of aromatic nitrogens is 2. The van der Waals surface area contributed by atoms with Crippen LogP contribution in [-0.2, 0) is 0 Å². The maximum absolute atomic E-state index is 11.8. The number of rotatable bonds is 2. The molecule has 1 amide bonds. The molecule has 0 aliphatic rings. The van der Waals surface area contributed by atoms with Crippen molar-refractivity contribution < 1.29 is 4.79 Å². The average Bonchev–Trinajstić information content (AvgIpc) is 2.70. The molecule has 0 spiro atoms. The minimum atomic E-state index is -0.463. The topological polar surface area (TPSA) is 80.9 Å². The molecule has 18 heavy (non-hydrogen) atoms. The molecular formula is C9H5BrCl2N4OS. The Morgan fingerprint density at radius 1 is 1.33 bits per heavy atom. The Labute approximate surface area is 124 Å². The van der Waals surface area contributed by atoms with E-state index in [1.807, 2.05) is 0 Å². The normalized spacial score (nSPS) is 10.4. The van der Waals surface area contributed by atoms with Crippen LogP contribution < -0.4 is 11.1 Å². The number of anilines is 2. The summed E-state index contributed by atoms with van der Waals surface area (Å²) in [5, 5.41) is 10.7. The second kappa shape index (κ2) is 5.40. The van der Waals surface area contributed by atoms with Crippen molar-refractivity contribution in [1.82, 2.24) is 10.2 Å². The molecule has 0 unspecified atom stereocenters. The zero-order chi connectivity index (χ0) is 13.3. The lowest BCUT2D eigenvalue weighted by molar-refractivity contribution is 0.102. The molecule has 1 aromatic carbocycles. The Bertz CT molecular complexity index is 595. The van der Waals surface area contributed by atoms with Crippen LogP contribution in [0.3, 0.4) is 0 Å². The van der Waals surface area contributed by atoms with Crippen molar-refractivity contribution in [1.29, 1.82) is 0 Å².